The zero-order chi connectivity index (χ0) is 20.3. The van der Waals surface area contributed by atoms with Gasteiger partial charge >= 0.3 is 0 Å². The summed E-state index contributed by atoms with van der Waals surface area (Å²) in [6.45, 7) is 12.7. The van der Waals surface area contributed by atoms with Crippen LogP contribution in [0.4, 0.5) is 5.69 Å². The summed E-state index contributed by atoms with van der Waals surface area (Å²) in [6, 6.07) is 12.0. The second-order valence-corrected chi connectivity index (χ2v) is 15.6. The third-order valence-electron chi connectivity index (χ3n) is 5.24. The van der Waals surface area contributed by atoms with Gasteiger partial charge < -0.3 is 19.1 Å². The van der Waals surface area contributed by atoms with E-state index in [1.54, 1.807) is 0 Å². The molecule has 1 aromatic heterocycles. The number of rotatable bonds is 7. The molecular formula is C21H31BrClN3OSi. The molecule has 1 aromatic carbocycles. The van der Waals surface area contributed by atoms with E-state index in [1.165, 1.54) is 5.69 Å². The minimum absolute atomic E-state index is 0.477. The molecule has 1 aliphatic rings. The van der Waals surface area contributed by atoms with Crippen molar-refractivity contribution in [1.82, 2.24) is 9.47 Å². The fraction of sp³-hybridized carbons (Fsp3) is 0.524. The van der Waals surface area contributed by atoms with Crippen molar-refractivity contribution in [3.8, 4) is 11.3 Å². The van der Waals surface area contributed by atoms with Gasteiger partial charge in [0.1, 0.15) is 11.9 Å². The molecule has 0 saturated carbocycles. The molecule has 1 saturated heterocycles. The predicted molar refractivity (Wildman–Crippen MR) is 126 cm³/mol. The van der Waals surface area contributed by atoms with E-state index in [4.69, 9.17) is 16.3 Å². The molecule has 2 heterocycles. The summed E-state index contributed by atoms with van der Waals surface area (Å²) in [5.74, 6) is 0. The number of anilines is 1. The third kappa shape index (κ3) is 5.63. The molecule has 0 bridgehead atoms. The maximum atomic E-state index is 6.53. The lowest BCUT2D eigenvalue weighted by Gasteiger charge is -2.34. The van der Waals surface area contributed by atoms with Crippen LogP contribution < -0.4 is 4.90 Å². The molecular weight excluding hydrogens is 454 g/mol. The minimum Gasteiger partial charge on any atom is -0.369 e. The zero-order valence-electron chi connectivity index (χ0n) is 17.3. The van der Waals surface area contributed by atoms with Crippen molar-refractivity contribution in [2.75, 3.05) is 44.7 Å². The largest absolute Gasteiger partial charge is 0.369 e. The number of nitrogens with zero attached hydrogens (tertiary/aromatic N) is 3. The molecule has 1 aliphatic heterocycles. The van der Waals surface area contributed by atoms with Crippen LogP contribution in [0.5, 0.6) is 0 Å². The monoisotopic (exact) mass is 483 g/mol. The summed E-state index contributed by atoms with van der Waals surface area (Å²) >= 11 is 10.1. The van der Waals surface area contributed by atoms with Crippen molar-refractivity contribution in [3.05, 3.63) is 40.0 Å². The first-order chi connectivity index (χ1) is 13.2. The number of hydrogen-bond acceptors (Lipinski definition) is 3. The van der Waals surface area contributed by atoms with E-state index in [0.717, 1.165) is 54.6 Å². The van der Waals surface area contributed by atoms with Gasteiger partial charge in [-0.1, -0.05) is 43.4 Å². The number of benzene rings is 1. The summed E-state index contributed by atoms with van der Waals surface area (Å²) in [5, 5.41) is 0.686. The van der Waals surface area contributed by atoms with E-state index in [0.29, 0.717) is 11.9 Å². The molecule has 7 heteroatoms. The highest BCUT2D eigenvalue weighted by molar-refractivity contribution is 9.10. The average molecular weight is 485 g/mol. The van der Waals surface area contributed by atoms with Crippen molar-refractivity contribution in [2.45, 2.75) is 32.4 Å². The highest BCUT2D eigenvalue weighted by atomic mass is 79.9. The van der Waals surface area contributed by atoms with Crippen molar-refractivity contribution in [1.29, 1.82) is 0 Å². The van der Waals surface area contributed by atoms with Gasteiger partial charge in [-0.05, 0) is 52.8 Å². The molecule has 2 aromatic rings. The summed E-state index contributed by atoms with van der Waals surface area (Å²) in [5.41, 5.74) is 3.51. The summed E-state index contributed by atoms with van der Waals surface area (Å²) in [7, 11) is 1.09. The van der Waals surface area contributed by atoms with Crippen LogP contribution in [0.25, 0.3) is 11.3 Å². The summed E-state index contributed by atoms with van der Waals surface area (Å²) < 4.78 is 8.91. The second-order valence-electron chi connectivity index (χ2n) is 8.78. The third-order valence-corrected chi connectivity index (χ3v) is 8.18. The first kappa shape index (κ1) is 21.9. The van der Waals surface area contributed by atoms with Crippen LogP contribution in [-0.4, -0.2) is 57.4 Å². The van der Waals surface area contributed by atoms with Crippen molar-refractivity contribution >= 4 is 41.3 Å². The standard InChI is InChI=1S/C21H31BrClN3OSi/c1-24-9-11-25(12-10-24)18-7-5-17(6-8-18)20-15-19(22)21(23)26(20)16-27-13-14-28(2,3)4/h5-8,15H,9-14,16H2,1-4H3. The summed E-state index contributed by atoms with van der Waals surface area (Å²) in [4.78, 5) is 4.82. The average Bonchev–Trinajstić information content (AvgIpc) is 2.93. The van der Waals surface area contributed by atoms with Gasteiger partial charge in [-0.2, -0.15) is 0 Å². The van der Waals surface area contributed by atoms with Gasteiger partial charge in [0.25, 0.3) is 0 Å². The van der Waals surface area contributed by atoms with E-state index < -0.39 is 8.07 Å². The van der Waals surface area contributed by atoms with Gasteiger partial charge in [-0.15, -0.1) is 0 Å². The molecule has 28 heavy (non-hydrogen) atoms. The van der Waals surface area contributed by atoms with Gasteiger partial charge in [0.2, 0.25) is 0 Å². The van der Waals surface area contributed by atoms with Crippen LogP contribution in [0, 0.1) is 0 Å². The van der Waals surface area contributed by atoms with Crippen LogP contribution in [0.3, 0.4) is 0 Å². The summed E-state index contributed by atoms with van der Waals surface area (Å²) in [6.07, 6.45) is 0. The fourth-order valence-electron chi connectivity index (χ4n) is 3.30. The fourth-order valence-corrected chi connectivity index (χ4v) is 4.68. The van der Waals surface area contributed by atoms with Gasteiger partial charge in [-0.25, -0.2) is 0 Å². The van der Waals surface area contributed by atoms with Crippen molar-refractivity contribution < 1.29 is 4.74 Å². The van der Waals surface area contributed by atoms with E-state index in [9.17, 15) is 0 Å². The second kappa shape index (κ2) is 9.35. The normalized spacial score (nSPS) is 16.0. The smallest absolute Gasteiger partial charge is 0.125 e. The van der Waals surface area contributed by atoms with Crippen LogP contribution >= 0.6 is 27.5 Å². The Labute approximate surface area is 183 Å². The molecule has 154 valence electrons. The van der Waals surface area contributed by atoms with Crippen LogP contribution in [0.15, 0.2) is 34.8 Å². The van der Waals surface area contributed by atoms with Crippen LogP contribution in [-0.2, 0) is 11.5 Å². The quantitative estimate of drug-likeness (QED) is 0.375. The number of piperazine rings is 1. The first-order valence-corrected chi connectivity index (χ1v) is 14.8. The Kier molecular flexibility index (Phi) is 7.31. The molecule has 0 atom stereocenters. The lowest BCUT2D eigenvalue weighted by molar-refractivity contribution is 0.0887. The molecule has 0 N–H and O–H groups in total. The molecule has 0 radical (unpaired) electrons. The van der Waals surface area contributed by atoms with Gasteiger partial charge in [-0.3, -0.25) is 0 Å². The first-order valence-electron chi connectivity index (χ1n) is 9.91. The van der Waals surface area contributed by atoms with E-state index in [-0.39, 0.29) is 0 Å². The topological polar surface area (TPSA) is 20.6 Å². The van der Waals surface area contributed by atoms with E-state index in [1.807, 2.05) is 4.57 Å². The highest BCUT2D eigenvalue weighted by Crippen LogP contribution is 2.34. The minimum atomic E-state index is -1.09. The number of aromatic nitrogens is 1. The van der Waals surface area contributed by atoms with Crippen molar-refractivity contribution in [2.24, 2.45) is 0 Å². The van der Waals surface area contributed by atoms with Gasteiger partial charge in [0.05, 0.1) is 10.2 Å². The van der Waals surface area contributed by atoms with Gasteiger partial charge in [0.15, 0.2) is 0 Å². The van der Waals surface area contributed by atoms with Crippen molar-refractivity contribution in [3.63, 3.8) is 0 Å². The van der Waals surface area contributed by atoms with Gasteiger partial charge in [0, 0.05) is 46.5 Å². The van der Waals surface area contributed by atoms with Crippen LogP contribution in [0.1, 0.15) is 0 Å². The maximum absolute atomic E-state index is 6.53. The SMILES string of the molecule is CN1CCN(c2ccc(-c3cc(Br)c(Cl)n3COCC[Si](C)(C)C)cc2)CC1. The molecule has 0 amide bonds. The van der Waals surface area contributed by atoms with E-state index >= 15 is 0 Å². The number of likely N-dealkylation sites (N-methyl/N-ethyl adjacent to an activating group) is 1. The number of hydrogen-bond donors (Lipinski definition) is 0. The molecule has 3 rings (SSSR count). The molecule has 1 fully saturated rings. The highest BCUT2D eigenvalue weighted by Gasteiger charge is 2.17. The Balaban J connectivity index is 1.71. The number of halogens is 2. The Morgan fingerprint density at radius 1 is 1.07 bits per heavy atom. The lowest BCUT2D eigenvalue weighted by atomic mass is 10.1. The Hall–Kier alpha value is -0.793. The molecule has 0 aliphatic carbocycles. The molecule has 4 nitrogen and oxygen atoms in total. The Morgan fingerprint density at radius 2 is 1.71 bits per heavy atom. The predicted octanol–water partition coefficient (Wildman–Crippen LogP) is 5.64. The zero-order valence-corrected chi connectivity index (χ0v) is 20.7. The maximum Gasteiger partial charge on any atom is 0.125 e. The molecule has 0 spiro atoms. The number of ether oxygens (including phenoxy) is 1. The Morgan fingerprint density at radius 3 is 2.32 bits per heavy atom. The Bertz CT molecular complexity index is 780. The molecule has 0 unspecified atom stereocenters. The lowest BCUT2D eigenvalue weighted by Crippen LogP contribution is -2.44. The van der Waals surface area contributed by atoms with E-state index in [2.05, 4.69) is 82.8 Å². The van der Waals surface area contributed by atoms with Crippen LogP contribution in [0.2, 0.25) is 30.8 Å².